The van der Waals surface area contributed by atoms with E-state index in [1.165, 1.54) is 0 Å². The van der Waals surface area contributed by atoms with Crippen LogP contribution >= 0.6 is 0 Å². The molecular formula is C13H13NO. The number of aliphatic hydroxyl groups is 1. The lowest BCUT2D eigenvalue weighted by Crippen LogP contribution is -1.89. The lowest BCUT2D eigenvalue weighted by atomic mass is 10.0. The quantitative estimate of drug-likeness (QED) is 0.806. The molecule has 2 nitrogen and oxygen atoms in total. The molecule has 0 aliphatic rings. The van der Waals surface area contributed by atoms with Crippen molar-refractivity contribution in [1.82, 2.24) is 4.98 Å². The number of aryl methyl sites for hydroxylation is 1. The molecule has 1 N–H and O–H groups in total. The Kier molecular flexibility index (Phi) is 2.79. The van der Waals surface area contributed by atoms with Gasteiger partial charge in [0.1, 0.15) is 0 Å². The largest absolute Gasteiger partial charge is 0.392 e. The molecule has 1 aromatic heterocycles. The summed E-state index contributed by atoms with van der Waals surface area (Å²) >= 11 is 0. The minimum absolute atomic E-state index is 0.0997. The number of rotatable bonds is 2. The molecule has 0 saturated heterocycles. The van der Waals surface area contributed by atoms with Gasteiger partial charge in [0, 0.05) is 12.4 Å². The van der Waals surface area contributed by atoms with Gasteiger partial charge < -0.3 is 5.11 Å². The van der Waals surface area contributed by atoms with Crippen LogP contribution in [0.1, 0.15) is 11.1 Å². The summed E-state index contributed by atoms with van der Waals surface area (Å²) in [4.78, 5) is 3.99. The highest BCUT2D eigenvalue weighted by Gasteiger charge is 2.00. The number of pyridine rings is 1. The average molecular weight is 199 g/mol. The van der Waals surface area contributed by atoms with Crippen molar-refractivity contribution < 1.29 is 5.11 Å². The van der Waals surface area contributed by atoms with Crippen molar-refractivity contribution in [2.24, 2.45) is 0 Å². The van der Waals surface area contributed by atoms with Gasteiger partial charge in [-0.05, 0) is 41.3 Å². The van der Waals surface area contributed by atoms with E-state index < -0.39 is 0 Å². The molecule has 0 bridgehead atoms. The van der Waals surface area contributed by atoms with Gasteiger partial charge in [-0.3, -0.25) is 4.98 Å². The number of aliphatic hydroxyl groups excluding tert-OH is 1. The Balaban J connectivity index is 2.43. The molecule has 76 valence electrons. The van der Waals surface area contributed by atoms with E-state index in [9.17, 15) is 0 Å². The summed E-state index contributed by atoms with van der Waals surface area (Å²) in [5, 5.41) is 9.07. The number of nitrogens with zero attached hydrogens (tertiary/aromatic N) is 1. The van der Waals surface area contributed by atoms with Crippen molar-refractivity contribution in [1.29, 1.82) is 0 Å². The molecule has 2 rings (SSSR count). The van der Waals surface area contributed by atoms with Crippen LogP contribution in [-0.4, -0.2) is 10.1 Å². The van der Waals surface area contributed by atoms with E-state index in [1.54, 1.807) is 12.4 Å². The number of aromatic nitrogens is 1. The highest BCUT2D eigenvalue weighted by molar-refractivity contribution is 5.64. The Hall–Kier alpha value is -1.67. The molecule has 0 radical (unpaired) electrons. The van der Waals surface area contributed by atoms with Crippen molar-refractivity contribution in [3.05, 3.63) is 53.9 Å². The van der Waals surface area contributed by atoms with Crippen LogP contribution in [0.5, 0.6) is 0 Å². The van der Waals surface area contributed by atoms with Gasteiger partial charge in [0.15, 0.2) is 0 Å². The van der Waals surface area contributed by atoms with Gasteiger partial charge in [-0.25, -0.2) is 0 Å². The Morgan fingerprint density at radius 2 is 1.80 bits per heavy atom. The van der Waals surface area contributed by atoms with E-state index in [-0.39, 0.29) is 6.61 Å². The van der Waals surface area contributed by atoms with Crippen LogP contribution in [0.4, 0.5) is 0 Å². The van der Waals surface area contributed by atoms with Gasteiger partial charge in [0.05, 0.1) is 6.61 Å². The first-order chi connectivity index (χ1) is 7.31. The molecule has 0 atom stereocenters. The van der Waals surface area contributed by atoms with Crippen LogP contribution in [-0.2, 0) is 6.61 Å². The highest BCUT2D eigenvalue weighted by Crippen LogP contribution is 2.21. The van der Waals surface area contributed by atoms with E-state index in [4.69, 9.17) is 5.11 Å². The molecular weight excluding hydrogens is 186 g/mol. The molecule has 0 aliphatic carbocycles. The SMILES string of the molecule is Cc1cc(-c2ccncc2)ccc1CO. The maximum Gasteiger partial charge on any atom is 0.0684 e. The van der Waals surface area contributed by atoms with Crippen molar-refractivity contribution in [2.45, 2.75) is 13.5 Å². The molecule has 0 unspecified atom stereocenters. The van der Waals surface area contributed by atoms with Crippen molar-refractivity contribution in [3.63, 3.8) is 0 Å². The Morgan fingerprint density at radius 3 is 2.40 bits per heavy atom. The van der Waals surface area contributed by atoms with Crippen molar-refractivity contribution >= 4 is 0 Å². The van der Waals surface area contributed by atoms with Gasteiger partial charge in [-0.15, -0.1) is 0 Å². The predicted octanol–water partition coefficient (Wildman–Crippen LogP) is 2.55. The fourth-order valence-corrected chi connectivity index (χ4v) is 1.60. The van der Waals surface area contributed by atoms with E-state index in [0.717, 1.165) is 22.3 Å². The summed E-state index contributed by atoms with van der Waals surface area (Å²) in [6.45, 7) is 2.11. The first kappa shape index (κ1) is 9.87. The number of hydrogen-bond donors (Lipinski definition) is 1. The van der Waals surface area contributed by atoms with Crippen molar-refractivity contribution in [2.75, 3.05) is 0 Å². The van der Waals surface area contributed by atoms with Gasteiger partial charge in [-0.2, -0.15) is 0 Å². The maximum absolute atomic E-state index is 9.07. The molecule has 2 heteroatoms. The molecule has 15 heavy (non-hydrogen) atoms. The van der Waals surface area contributed by atoms with Crippen LogP contribution < -0.4 is 0 Å². The summed E-state index contributed by atoms with van der Waals surface area (Å²) in [6, 6.07) is 10.0. The van der Waals surface area contributed by atoms with Crippen LogP contribution in [0.25, 0.3) is 11.1 Å². The molecule has 2 aromatic rings. The van der Waals surface area contributed by atoms with Crippen LogP contribution in [0, 0.1) is 6.92 Å². The molecule has 1 aromatic carbocycles. The summed E-state index contributed by atoms with van der Waals surface area (Å²) in [6.07, 6.45) is 3.56. The zero-order valence-corrected chi connectivity index (χ0v) is 8.64. The fraction of sp³-hybridized carbons (Fsp3) is 0.154. The third-order valence-corrected chi connectivity index (χ3v) is 2.53. The molecule has 1 heterocycles. The first-order valence-electron chi connectivity index (χ1n) is 4.92. The summed E-state index contributed by atoms with van der Waals surface area (Å²) in [5.74, 6) is 0. The van der Waals surface area contributed by atoms with E-state index in [0.29, 0.717) is 0 Å². The van der Waals surface area contributed by atoms with Gasteiger partial charge >= 0.3 is 0 Å². The minimum atomic E-state index is 0.0997. The van der Waals surface area contributed by atoms with Crippen LogP contribution in [0.3, 0.4) is 0 Å². The third-order valence-electron chi connectivity index (χ3n) is 2.53. The van der Waals surface area contributed by atoms with E-state index in [2.05, 4.69) is 11.1 Å². The third kappa shape index (κ3) is 2.05. The normalized spacial score (nSPS) is 10.3. The summed E-state index contributed by atoms with van der Waals surface area (Å²) < 4.78 is 0. The average Bonchev–Trinajstić information content (AvgIpc) is 2.30. The molecule has 0 saturated carbocycles. The first-order valence-corrected chi connectivity index (χ1v) is 4.92. The maximum atomic E-state index is 9.07. The second-order valence-electron chi connectivity index (χ2n) is 3.54. The van der Waals surface area contributed by atoms with E-state index in [1.807, 2.05) is 31.2 Å². The Bertz CT molecular complexity index is 451. The monoisotopic (exact) mass is 199 g/mol. The van der Waals surface area contributed by atoms with Crippen LogP contribution in [0.2, 0.25) is 0 Å². The molecule has 0 amide bonds. The summed E-state index contributed by atoms with van der Waals surface area (Å²) in [5.41, 5.74) is 4.41. The lowest BCUT2D eigenvalue weighted by Gasteiger charge is -2.06. The summed E-state index contributed by atoms with van der Waals surface area (Å²) in [7, 11) is 0. The van der Waals surface area contributed by atoms with Crippen molar-refractivity contribution in [3.8, 4) is 11.1 Å². The smallest absolute Gasteiger partial charge is 0.0684 e. The standard InChI is InChI=1S/C13H13NO/c1-10-8-12(2-3-13(10)9-15)11-4-6-14-7-5-11/h2-8,15H,9H2,1H3. The second-order valence-corrected chi connectivity index (χ2v) is 3.54. The van der Waals surface area contributed by atoms with Crippen LogP contribution in [0.15, 0.2) is 42.7 Å². The number of benzene rings is 1. The highest BCUT2D eigenvalue weighted by atomic mass is 16.3. The second kappa shape index (κ2) is 4.24. The van der Waals surface area contributed by atoms with Gasteiger partial charge in [-0.1, -0.05) is 18.2 Å². The molecule has 0 spiro atoms. The van der Waals surface area contributed by atoms with E-state index >= 15 is 0 Å². The topological polar surface area (TPSA) is 33.1 Å². The Morgan fingerprint density at radius 1 is 1.07 bits per heavy atom. The lowest BCUT2D eigenvalue weighted by molar-refractivity contribution is 0.281. The van der Waals surface area contributed by atoms with Gasteiger partial charge in [0.25, 0.3) is 0 Å². The zero-order chi connectivity index (χ0) is 10.7. The fourth-order valence-electron chi connectivity index (χ4n) is 1.60. The number of hydrogen-bond acceptors (Lipinski definition) is 2. The zero-order valence-electron chi connectivity index (χ0n) is 8.64. The minimum Gasteiger partial charge on any atom is -0.392 e. The Labute approximate surface area is 89.2 Å². The molecule has 0 aliphatic heterocycles. The van der Waals surface area contributed by atoms with Gasteiger partial charge in [0.2, 0.25) is 0 Å². The molecule has 0 fully saturated rings. The predicted molar refractivity (Wildman–Crippen MR) is 60.3 cm³/mol.